The molecule has 3 aliphatic rings. The van der Waals surface area contributed by atoms with Gasteiger partial charge < -0.3 is 5.32 Å². The van der Waals surface area contributed by atoms with Crippen LogP contribution in [-0.2, 0) is 10.3 Å². The van der Waals surface area contributed by atoms with Crippen molar-refractivity contribution in [1.29, 1.82) is 5.26 Å². The van der Waals surface area contributed by atoms with Crippen LogP contribution in [0.1, 0.15) is 36.0 Å². The normalized spacial score (nSPS) is 22.0. The topological polar surface area (TPSA) is 66.9 Å². The molecule has 1 fully saturated rings. The molecule has 0 aromatic heterocycles. The molecule has 31 heavy (non-hydrogen) atoms. The first kappa shape index (κ1) is 19.0. The van der Waals surface area contributed by atoms with E-state index in [2.05, 4.69) is 40.7 Å². The number of carbonyl (C=O) groups excluding carboxylic acids is 1. The third kappa shape index (κ3) is 3.55. The van der Waals surface area contributed by atoms with Crippen molar-refractivity contribution in [2.45, 2.75) is 24.8 Å². The minimum Gasteiger partial charge on any atom is -0.337 e. The Bertz CT molecular complexity index is 1250. The van der Waals surface area contributed by atoms with Gasteiger partial charge in [-0.15, -0.1) is 0 Å². The van der Waals surface area contributed by atoms with E-state index in [-0.39, 0.29) is 11.4 Å². The van der Waals surface area contributed by atoms with E-state index in [0.29, 0.717) is 11.3 Å². The zero-order valence-electron chi connectivity index (χ0n) is 17.1. The Hall–Kier alpha value is -3.97. The average Bonchev–Trinajstić information content (AvgIpc) is 3.49. The monoisotopic (exact) mass is 404 g/mol. The number of benzene rings is 2. The molecule has 1 aliphatic heterocycles. The highest BCUT2D eigenvalue weighted by Gasteiger charge is 2.47. The summed E-state index contributed by atoms with van der Waals surface area (Å²) in [6.07, 6.45) is 12.8. The van der Waals surface area contributed by atoms with E-state index in [9.17, 15) is 10.1 Å². The lowest BCUT2D eigenvalue weighted by molar-refractivity contribution is -0.387. The van der Waals surface area contributed by atoms with Gasteiger partial charge in [-0.2, -0.15) is 10.3 Å². The van der Waals surface area contributed by atoms with E-state index in [0.717, 1.165) is 47.2 Å². The number of nitrogens with zero attached hydrogens (tertiary/aromatic N) is 1. The van der Waals surface area contributed by atoms with Crippen LogP contribution in [0.2, 0.25) is 0 Å². The predicted octanol–water partition coefficient (Wildman–Crippen LogP) is 2.94. The number of nitriles is 1. The lowest BCUT2D eigenvalue weighted by atomic mass is 9.94. The van der Waals surface area contributed by atoms with Gasteiger partial charge in [0.15, 0.2) is 0 Å². The predicted molar refractivity (Wildman–Crippen MR) is 120 cm³/mol. The SMILES string of the molecule is N#Cc1cccc(C2=[NH+]C(C(=O)NC3(c4ccccc4)CC3)=C3/C=C\C=C/C/C=C/23)c1. The molecule has 0 spiro atoms. The number of rotatable bonds is 4. The molecule has 1 amide bonds. The summed E-state index contributed by atoms with van der Waals surface area (Å²) in [6, 6.07) is 19.8. The number of hydrogen-bond donors (Lipinski definition) is 2. The molecule has 0 radical (unpaired) electrons. The van der Waals surface area contributed by atoms with E-state index < -0.39 is 0 Å². The van der Waals surface area contributed by atoms with Crippen LogP contribution in [-0.4, -0.2) is 11.6 Å². The van der Waals surface area contributed by atoms with Gasteiger partial charge in [-0.1, -0.05) is 60.7 Å². The fraction of sp³-hybridized carbons (Fsp3) is 0.148. The lowest BCUT2D eigenvalue weighted by Crippen LogP contribution is -2.72. The van der Waals surface area contributed by atoms with Crippen LogP contribution >= 0.6 is 0 Å². The van der Waals surface area contributed by atoms with Crippen LogP contribution in [0.15, 0.2) is 102 Å². The van der Waals surface area contributed by atoms with E-state index in [1.165, 1.54) is 0 Å². The third-order valence-electron chi connectivity index (χ3n) is 5.98. The molecule has 150 valence electrons. The van der Waals surface area contributed by atoms with Gasteiger partial charge >= 0.3 is 5.91 Å². The van der Waals surface area contributed by atoms with Crippen molar-refractivity contribution < 1.29 is 9.79 Å². The largest absolute Gasteiger partial charge is 0.337 e. The highest BCUT2D eigenvalue weighted by molar-refractivity contribution is 6.16. The summed E-state index contributed by atoms with van der Waals surface area (Å²) in [4.78, 5) is 16.8. The maximum atomic E-state index is 13.5. The molecule has 0 saturated heterocycles. The molecule has 2 aromatic rings. The van der Waals surface area contributed by atoms with Gasteiger partial charge in [-0.3, -0.25) is 4.79 Å². The van der Waals surface area contributed by atoms with E-state index in [1.807, 2.05) is 54.6 Å². The number of hydrogen-bond acceptors (Lipinski definition) is 2. The van der Waals surface area contributed by atoms with Crippen molar-refractivity contribution in [2.75, 3.05) is 0 Å². The number of allylic oxidation sites excluding steroid dienone is 7. The Morgan fingerprint density at radius 1 is 1.06 bits per heavy atom. The number of amides is 1. The number of carbonyl (C=O) groups is 1. The van der Waals surface area contributed by atoms with Gasteiger partial charge in [0.1, 0.15) is 0 Å². The molecule has 4 nitrogen and oxygen atoms in total. The maximum absolute atomic E-state index is 13.5. The van der Waals surface area contributed by atoms with Crippen molar-refractivity contribution >= 4 is 11.6 Å². The first-order valence-corrected chi connectivity index (χ1v) is 10.5. The van der Waals surface area contributed by atoms with E-state index >= 15 is 0 Å². The molecule has 1 heterocycles. The Morgan fingerprint density at radius 2 is 1.90 bits per heavy atom. The zero-order chi connectivity index (χ0) is 21.3. The average molecular weight is 404 g/mol. The van der Waals surface area contributed by atoms with Crippen molar-refractivity contribution in [2.24, 2.45) is 0 Å². The van der Waals surface area contributed by atoms with Crippen LogP contribution in [0.25, 0.3) is 0 Å². The molecule has 0 atom stereocenters. The highest BCUT2D eigenvalue weighted by atomic mass is 16.2. The summed E-state index contributed by atoms with van der Waals surface area (Å²) in [5.74, 6) is -0.108. The van der Waals surface area contributed by atoms with Crippen molar-refractivity contribution in [1.82, 2.24) is 5.32 Å². The minimum atomic E-state index is -0.286. The van der Waals surface area contributed by atoms with Crippen molar-refractivity contribution in [3.05, 3.63) is 119 Å². The second-order valence-electron chi connectivity index (χ2n) is 8.02. The number of nitrogens with one attached hydrogen (secondary N) is 2. The zero-order valence-corrected chi connectivity index (χ0v) is 17.1. The van der Waals surface area contributed by atoms with Gasteiger partial charge in [0, 0.05) is 5.56 Å². The summed E-state index contributed by atoms with van der Waals surface area (Å²) in [7, 11) is 0. The Kier molecular flexibility index (Phi) is 4.72. The van der Waals surface area contributed by atoms with Crippen LogP contribution in [0.5, 0.6) is 0 Å². The smallest absolute Gasteiger partial charge is 0.317 e. The van der Waals surface area contributed by atoms with Gasteiger partial charge in [0.2, 0.25) is 5.71 Å². The third-order valence-corrected chi connectivity index (χ3v) is 5.98. The highest BCUT2D eigenvalue weighted by Crippen LogP contribution is 2.45. The van der Waals surface area contributed by atoms with Crippen molar-refractivity contribution in [3.8, 4) is 6.07 Å². The molecule has 4 heteroatoms. The fourth-order valence-electron chi connectivity index (χ4n) is 4.21. The lowest BCUT2D eigenvalue weighted by Gasteiger charge is -2.16. The molecule has 0 bridgehead atoms. The first-order chi connectivity index (χ1) is 15.2. The van der Waals surface area contributed by atoms with E-state index in [4.69, 9.17) is 0 Å². The molecule has 1 saturated carbocycles. The molecule has 2 N–H and O–H groups in total. The molecule has 2 aliphatic carbocycles. The molecule has 5 rings (SSSR count). The summed E-state index contributed by atoms with van der Waals surface area (Å²) < 4.78 is 0. The molecular weight excluding hydrogens is 382 g/mol. The van der Waals surface area contributed by atoms with Gasteiger partial charge in [-0.05, 0) is 49.1 Å². The quantitative estimate of drug-likeness (QED) is 0.823. The first-order valence-electron chi connectivity index (χ1n) is 10.5. The van der Waals surface area contributed by atoms with Crippen LogP contribution in [0.4, 0.5) is 0 Å². The minimum absolute atomic E-state index is 0.108. The summed E-state index contributed by atoms with van der Waals surface area (Å²) in [5, 5.41) is 12.6. The summed E-state index contributed by atoms with van der Waals surface area (Å²) in [6.45, 7) is 0. The van der Waals surface area contributed by atoms with Gasteiger partial charge in [0.25, 0.3) is 5.70 Å². The van der Waals surface area contributed by atoms with E-state index in [1.54, 1.807) is 6.07 Å². The van der Waals surface area contributed by atoms with Crippen LogP contribution in [0, 0.1) is 11.3 Å². The van der Waals surface area contributed by atoms with Crippen LogP contribution < -0.4 is 10.3 Å². The summed E-state index contributed by atoms with van der Waals surface area (Å²) >= 11 is 0. The second kappa shape index (κ2) is 7.70. The molecular formula is C27H22N3O+. The van der Waals surface area contributed by atoms with Gasteiger partial charge in [-0.25, -0.2) is 0 Å². The Balaban J connectivity index is 1.54. The fourth-order valence-corrected chi connectivity index (χ4v) is 4.21. The summed E-state index contributed by atoms with van der Waals surface area (Å²) in [5.41, 5.74) is 5.63. The van der Waals surface area contributed by atoms with Crippen LogP contribution in [0.3, 0.4) is 0 Å². The maximum Gasteiger partial charge on any atom is 0.317 e. The van der Waals surface area contributed by atoms with Crippen molar-refractivity contribution in [3.63, 3.8) is 0 Å². The Labute approximate surface area is 181 Å². The second-order valence-corrected chi connectivity index (χ2v) is 8.02. The van der Waals surface area contributed by atoms with Gasteiger partial charge in [0.05, 0.1) is 28.3 Å². The Morgan fingerprint density at radius 3 is 2.68 bits per heavy atom. The molecule has 0 unspecified atom stereocenters. The standard InChI is InChI=1S/C27H21N3O/c28-18-19-9-8-10-20(17-19)24-22-13-6-1-2-7-14-23(22)25(29-24)26(31)30-27(15-16-27)21-11-4-3-5-12-21/h1-5,7-14,17H,6,15-16H2,(H,30,31)/p+1/b2-1-,14-7-,22-13+. The molecule has 2 aromatic carbocycles. The number of fused-ring (bicyclic) bond motifs is 1.